The molecule has 0 bridgehead atoms. The van der Waals surface area contributed by atoms with E-state index in [2.05, 4.69) is 51.4 Å². The molecule has 3 heterocycles. The van der Waals surface area contributed by atoms with E-state index >= 15 is 0 Å². The summed E-state index contributed by atoms with van der Waals surface area (Å²) in [6.07, 6.45) is 6.27. The van der Waals surface area contributed by atoms with Gasteiger partial charge in [-0.05, 0) is 25.3 Å². The molecule has 1 fully saturated rings. The van der Waals surface area contributed by atoms with Crippen LogP contribution in [-0.4, -0.2) is 44.1 Å². The lowest BCUT2D eigenvalue weighted by molar-refractivity contribution is 0.0699. The van der Waals surface area contributed by atoms with Gasteiger partial charge in [-0.1, -0.05) is 29.8 Å². The lowest BCUT2D eigenvalue weighted by Crippen LogP contribution is -2.40. The molecule has 0 saturated carbocycles. The third-order valence-electron chi connectivity index (χ3n) is 5.04. The maximum atomic E-state index is 12.7. The smallest absolute Gasteiger partial charge is 0.273 e. The summed E-state index contributed by atoms with van der Waals surface area (Å²) in [7, 11) is 0. The van der Waals surface area contributed by atoms with E-state index in [9.17, 15) is 9.59 Å². The lowest BCUT2D eigenvalue weighted by Gasteiger charge is -2.32. The molecule has 0 aliphatic carbocycles. The minimum Gasteiger partial charge on any atom is -0.337 e. The zero-order valence-electron chi connectivity index (χ0n) is 15.1. The number of nitrogens with one attached hydrogen (secondary N) is 2. The predicted octanol–water partition coefficient (Wildman–Crippen LogP) is 2.49. The monoisotopic (exact) mass is 363 g/mol. The van der Waals surface area contributed by atoms with Crippen molar-refractivity contribution in [2.24, 2.45) is 0 Å². The Morgan fingerprint density at radius 3 is 2.78 bits per heavy atom. The van der Waals surface area contributed by atoms with Gasteiger partial charge in [0.15, 0.2) is 0 Å². The first-order valence-electron chi connectivity index (χ1n) is 9.06. The number of carbonyl (C=O) groups excluding carboxylic acids is 1. The van der Waals surface area contributed by atoms with Crippen molar-refractivity contribution in [1.29, 1.82) is 0 Å². The minimum atomic E-state index is -0.316. The number of piperidine rings is 1. The second-order valence-electron chi connectivity index (χ2n) is 6.95. The van der Waals surface area contributed by atoms with Crippen molar-refractivity contribution >= 4 is 5.91 Å². The van der Waals surface area contributed by atoms with Crippen molar-refractivity contribution in [1.82, 2.24) is 25.1 Å². The molecule has 138 valence electrons. The number of H-pyrrole nitrogens is 2. The number of aromatic amines is 2. The van der Waals surface area contributed by atoms with Gasteiger partial charge in [0.25, 0.3) is 11.5 Å². The molecule has 27 heavy (non-hydrogen) atoms. The fraction of sp³-hybridized carbons (Fsp3) is 0.300. The minimum absolute atomic E-state index is 0.160. The molecule has 3 aromatic rings. The molecule has 0 spiro atoms. The van der Waals surface area contributed by atoms with Crippen LogP contribution in [-0.2, 0) is 0 Å². The number of likely N-dealkylation sites (tertiary alicyclic amines) is 1. The molecule has 1 amide bonds. The Labute approximate surface area is 156 Å². The van der Waals surface area contributed by atoms with Crippen LogP contribution < -0.4 is 5.56 Å². The van der Waals surface area contributed by atoms with Crippen molar-refractivity contribution in [3.63, 3.8) is 0 Å². The van der Waals surface area contributed by atoms with Gasteiger partial charge in [-0.2, -0.15) is 5.10 Å². The number of rotatable bonds is 3. The van der Waals surface area contributed by atoms with Gasteiger partial charge in [0.2, 0.25) is 0 Å². The third kappa shape index (κ3) is 3.53. The molecular formula is C20H21N5O2. The summed E-state index contributed by atoms with van der Waals surface area (Å²) in [5.41, 5.74) is 4.42. The van der Waals surface area contributed by atoms with Gasteiger partial charge in [0.1, 0.15) is 5.69 Å². The number of benzene rings is 1. The molecule has 1 aromatic carbocycles. The molecule has 0 radical (unpaired) electrons. The Morgan fingerprint density at radius 1 is 1.22 bits per heavy atom. The number of aromatic nitrogens is 4. The quantitative estimate of drug-likeness (QED) is 0.747. The van der Waals surface area contributed by atoms with E-state index < -0.39 is 0 Å². The second kappa shape index (κ2) is 7.19. The highest BCUT2D eigenvalue weighted by molar-refractivity contribution is 5.92. The molecule has 7 heteroatoms. The van der Waals surface area contributed by atoms with E-state index in [1.54, 1.807) is 4.90 Å². The first-order chi connectivity index (χ1) is 13.1. The van der Waals surface area contributed by atoms with E-state index in [1.165, 1.54) is 11.8 Å². The Bertz CT molecular complexity index is 985. The topological polar surface area (TPSA) is 94.7 Å². The zero-order valence-corrected chi connectivity index (χ0v) is 15.1. The van der Waals surface area contributed by atoms with Crippen molar-refractivity contribution in [3.8, 4) is 11.1 Å². The number of hydrogen-bond donors (Lipinski definition) is 2. The molecule has 1 saturated heterocycles. The van der Waals surface area contributed by atoms with E-state index in [1.807, 2.05) is 6.20 Å². The number of carbonyl (C=O) groups is 1. The second-order valence-corrected chi connectivity index (χ2v) is 6.95. The molecule has 1 aliphatic heterocycles. The Morgan fingerprint density at radius 2 is 2.04 bits per heavy atom. The van der Waals surface area contributed by atoms with Crippen LogP contribution in [0, 0.1) is 6.92 Å². The first kappa shape index (κ1) is 17.2. The van der Waals surface area contributed by atoms with Gasteiger partial charge in [-0.25, -0.2) is 4.98 Å². The van der Waals surface area contributed by atoms with E-state index in [0.717, 1.165) is 35.9 Å². The van der Waals surface area contributed by atoms with Gasteiger partial charge in [0.05, 0.1) is 12.4 Å². The lowest BCUT2D eigenvalue weighted by atomic mass is 9.90. The van der Waals surface area contributed by atoms with E-state index in [4.69, 9.17) is 0 Å². The van der Waals surface area contributed by atoms with Crippen molar-refractivity contribution in [2.75, 3.05) is 13.1 Å². The first-order valence-corrected chi connectivity index (χ1v) is 9.06. The maximum absolute atomic E-state index is 12.7. The fourth-order valence-electron chi connectivity index (χ4n) is 3.59. The summed E-state index contributed by atoms with van der Waals surface area (Å²) in [5, 5.41) is 7.40. The summed E-state index contributed by atoms with van der Waals surface area (Å²) in [6, 6.07) is 8.37. The number of nitrogens with zero attached hydrogens (tertiary/aromatic N) is 3. The van der Waals surface area contributed by atoms with Crippen molar-refractivity contribution in [2.45, 2.75) is 25.7 Å². The van der Waals surface area contributed by atoms with Gasteiger partial charge in [-0.3, -0.25) is 14.7 Å². The highest BCUT2D eigenvalue weighted by Crippen LogP contribution is 2.33. The van der Waals surface area contributed by atoms with Gasteiger partial charge in [0, 0.05) is 36.5 Å². The van der Waals surface area contributed by atoms with Crippen LogP contribution in [0.3, 0.4) is 0 Å². The molecule has 1 atom stereocenters. The van der Waals surface area contributed by atoms with Gasteiger partial charge in [-0.15, -0.1) is 0 Å². The molecule has 2 N–H and O–H groups in total. The van der Waals surface area contributed by atoms with Crippen molar-refractivity contribution in [3.05, 3.63) is 70.2 Å². The molecule has 1 unspecified atom stereocenters. The summed E-state index contributed by atoms with van der Waals surface area (Å²) < 4.78 is 0. The molecule has 2 aromatic heterocycles. The number of hydrogen-bond acceptors (Lipinski definition) is 4. The zero-order chi connectivity index (χ0) is 18.8. The number of amides is 1. The van der Waals surface area contributed by atoms with Crippen LogP contribution >= 0.6 is 0 Å². The van der Waals surface area contributed by atoms with Crippen LogP contribution in [0.15, 0.2) is 47.7 Å². The average molecular weight is 363 g/mol. The Kier molecular flexibility index (Phi) is 4.58. The fourth-order valence-corrected chi connectivity index (χ4v) is 3.59. The predicted molar refractivity (Wildman–Crippen MR) is 101 cm³/mol. The molecular weight excluding hydrogens is 342 g/mol. The summed E-state index contributed by atoms with van der Waals surface area (Å²) >= 11 is 0. The highest BCUT2D eigenvalue weighted by atomic mass is 16.2. The van der Waals surface area contributed by atoms with Gasteiger partial charge < -0.3 is 9.88 Å². The number of aryl methyl sites for hydroxylation is 1. The third-order valence-corrected chi connectivity index (χ3v) is 5.04. The standard InChI is InChI=1S/C20H21N5O2/c1-13-4-6-14(7-5-13)16-9-23-24-19(16)15-3-2-8-25(12-15)20(27)17-10-22-18(26)11-21-17/h4-7,9-11,15H,2-3,8,12H2,1H3,(H,22,26)(H,23,24). The summed E-state index contributed by atoms with van der Waals surface area (Å²) in [4.78, 5) is 32.2. The SMILES string of the molecule is Cc1ccc(-c2cn[nH]c2C2CCCN(C(=O)c3c[nH]c(=O)cn3)C2)cc1. The molecule has 7 nitrogen and oxygen atoms in total. The van der Waals surface area contributed by atoms with Crippen LogP contribution in [0.4, 0.5) is 0 Å². The van der Waals surface area contributed by atoms with E-state index in [-0.39, 0.29) is 23.1 Å². The Balaban J connectivity index is 1.56. The maximum Gasteiger partial charge on any atom is 0.273 e. The van der Waals surface area contributed by atoms with Crippen LogP contribution in [0.2, 0.25) is 0 Å². The van der Waals surface area contributed by atoms with E-state index in [0.29, 0.717) is 13.1 Å². The molecule has 4 rings (SSSR count). The Hall–Kier alpha value is -3.22. The van der Waals surface area contributed by atoms with Crippen LogP contribution in [0.1, 0.15) is 40.5 Å². The van der Waals surface area contributed by atoms with Crippen LogP contribution in [0.5, 0.6) is 0 Å². The normalized spacial score (nSPS) is 17.1. The van der Waals surface area contributed by atoms with Gasteiger partial charge >= 0.3 is 0 Å². The van der Waals surface area contributed by atoms with Crippen LogP contribution in [0.25, 0.3) is 11.1 Å². The highest BCUT2D eigenvalue weighted by Gasteiger charge is 2.28. The largest absolute Gasteiger partial charge is 0.337 e. The average Bonchev–Trinajstić information content (AvgIpc) is 3.18. The van der Waals surface area contributed by atoms with Crippen molar-refractivity contribution < 1.29 is 4.79 Å². The summed E-state index contributed by atoms with van der Waals surface area (Å²) in [6.45, 7) is 3.35. The summed E-state index contributed by atoms with van der Waals surface area (Å²) in [5.74, 6) is 0.0246. The molecule has 1 aliphatic rings.